The fourth-order valence-corrected chi connectivity index (χ4v) is 2.10. The summed E-state index contributed by atoms with van der Waals surface area (Å²) in [5.41, 5.74) is 0.817. The average molecular weight is 310 g/mol. The second-order valence-corrected chi connectivity index (χ2v) is 5.20. The quantitative estimate of drug-likeness (QED) is 0.448. The van der Waals surface area contributed by atoms with E-state index in [1.54, 1.807) is 24.3 Å². The molecule has 1 nitrogen and oxygen atoms in total. The summed E-state index contributed by atoms with van der Waals surface area (Å²) >= 11 is 3.30. The van der Waals surface area contributed by atoms with Crippen LogP contribution in [0.15, 0.2) is 28.7 Å². The summed E-state index contributed by atoms with van der Waals surface area (Å²) in [5, 5.41) is 0. The number of benzene rings is 2. The van der Waals surface area contributed by atoms with E-state index < -0.39 is 0 Å². The first-order chi connectivity index (χ1) is 9.34. The van der Waals surface area contributed by atoms with Crippen LogP contribution >= 0.6 is 15.9 Å². The molecule has 2 aromatic carbocycles. The van der Waals surface area contributed by atoms with E-state index >= 15 is 0 Å². The van der Waals surface area contributed by atoms with Gasteiger partial charge in [0.25, 0.3) is 0 Å². The average Bonchev–Trinajstić information content (AvgIpc) is 2.44. The minimum atomic E-state index is -0.356. The van der Waals surface area contributed by atoms with Crippen LogP contribution < -0.4 is 27.3 Å². The summed E-state index contributed by atoms with van der Waals surface area (Å²) in [6, 6.07) is 6.77. The molecule has 20 heavy (non-hydrogen) atoms. The summed E-state index contributed by atoms with van der Waals surface area (Å²) < 4.78 is 0.853. The van der Waals surface area contributed by atoms with Crippen LogP contribution in [0.4, 0.5) is 0 Å². The van der Waals surface area contributed by atoms with E-state index in [0.717, 1.165) is 4.47 Å². The molecule has 0 saturated heterocycles. The van der Waals surface area contributed by atoms with Crippen molar-refractivity contribution in [3.05, 3.63) is 39.9 Å². The van der Waals surface area contributed by atoms with Gasteiger partial charge in [-0.05, 0) is 24.3 Å². The van der Waals surface area contributed by atoms with Gasteiger partial charge in [0.15, 0.2) is 5.78 Å². The third-order valence-corrected chi connectivity index (χ3v) is 3.56. The van der Waals surface area contributed by atoms with Gasteiger partial charge in [-0.25, -0.2) is 0 Å². The second kappa shape index (κ2) is 5.73. The van der Waals surface area contributed by atoms with Crippen LogP contribution in [0.25, 0.3) is 0 Å². The first-order valence-corrected chi connectivity index (χ1v) is 6.45. The Labute approximate surface area is 133 Å². The van der Waals surface area contributed by atoms with Gasteiger partial charge in [0.05, 0.1) is 0 Å². The fraction of sp³-hybridized carbons (Fsp3) is 0. The highest BCUT2D eigenvalue weighted by Crippen LogP contribution is 2.12. The molecule has 0 aromatic heterocycles. The van der Waals surface area contributed by atoms with Gasteiger partial charge in [-0.3, -0.25) is 4.79 Å². The molecule has 0 amide bonds. The Morgan fingerprint density at radius 1 is 0.750 bits per heavy atom. The zero-order valence-electron chi connectivity index (χ0n) is 10.5. The number of carbonyl (C=O) groups is 1. The minimum absolute atomic E-state index is 0.0436. The molecule has 0 unspecified atom stereocenters. The molecule has 0 saturated carbocycles. The van der Waals surface area contributed by atoms with Crippen LogP contribution in [0, 0.1) is 0 Å². The van der Waals surface area contributed by atoms with E-state index in [2.05, 4.69) is 15.9 Å². The fourth-order valence-electron chi connectivity index (χ4n) is 1.84. The highest BCUT2D eigenvalue weighted by molar-refractivity contribution is 9.10. The molecular weight excluding hydrogens is 306 g/mol. The Morgan fingerprint density at radius 2 is 1.15 bits per heavy atom. The molecule has 0 aliphatic heterocycles. The van der Waals surface area contributed by atoms with Gasteiger partial charge >= 0.3 is 0 Å². The molecule has 0 atom stereocenters. The van der Waals surface area contributed by atoms with Gasteiger partial charge in [0.1, 0.15) is 39.2 Å². The zero-order valence-corrected chi connectivity index (χ0v) is 12.1. The van der Waals surface area contributed by atoms with Crippen molar-refractivity contribution in [2.75, 3.05) is 0 Å². The normalized spacial score (nSPS) is 10.4. The Bertz CT molecular complexity index is 668. The Kier molecular flexibility index (Phi) is 4.38. The molecule has 0 spiro atoms. The largest absolute Gasteiger partial charge is 0.289 e. The highest BCUT2D eigenvalue weighted by Gasteiger charge is 2.17. The van der Waals surface area contributed by atoms with Crippen molar-refractivity contribution >= 4 is 88.3 Å². The topological polar surface area (TPSA) is 17.1 Å². The predicted molar refractivity (Wildman–Crippen MR) is 91.0 cm³/mol. The lowest BCUT2D eigenvalue weighted by Crippen LogP contribution is -2.57. The SMILES string of the molecule is [B]c1c([B])c([B])c(C(=O)c2ccc(Br)cc2)c([B])c1[B]. The molecule has 10 radical (unpaired) electrons. The molecule has 2 aromatic rings. The Balaban J connectivity index is 2.64. The van der Waals surface area contributed by atoms with E-state index in [-0.39, 0.29) is 38.7 Å². The summed E-state index contributed by atoms with van der Waals surface area (Å²) in [5.74, 6) is -0.356. The Hall–Kier alpha value is -1.09. The highest BCUT2D eigenvalue weighted by atomic mass is 79.9. The molecule has 2 rings (SSSR count). The minimum Gasteiger partial charge on any atom is -0.289 e. The van der Waals surface area contributed by atoms with Crippen molar-refractivity contribution in [3.63, 3.8) is 0 Å². The monoisotopic (exact) mass is 310 g/mol. The maximum atomic E-state index is 12.5. The molecule has 0 fully saturated rings. The van der Waals surface area contributed by atoms with Crippen molar-refractivity contribution in [1.29, 1.82) is 0 Å². The van der Waals surface area contributed by atoms with Gasteiger partial charge < -0.3 is 0 Å². The van der Waals surface area contributed by atoms with E-state index in [1.807, 2.05) is 0 Å². The molecule has 0 heterocycles. The van der Waals surface area contributed by atoms with Gasteiger partial charge in [0.2, 0.25) is 0 Å². The Morgan fingerprint density at radius 3 is 1.60 bits per heavy atom. The van der Waals surface area contributed by atoms with Gasteiger partial charge in [-0.2, -0.15) is 0 Å². The number of carbonyl (C=O) groups excluding carboxylic acids is 1. The van der Waals surface area contributed by atoms with Gasteiger partial charge in [0, 0.05) is 15.6 Å². The van der Waals surface area contributed by atoms with E-state index in [9.17, 15) is 4.79 Å². The second-order valence-electron chi connectivity index (χ2n) is 4.28. The van der Waals surface area contributed by atoms with Crippen LogP contribution in [0.3, 0.4) is 0 Å². The number of hydrogen-bond donors (Lipinski definition) is 0. The molecule has 0 aliphatic carbocycles. The summed E-state index contributed by atoms with van der Waals surface area (Å²) in [4.78, 5) is 12.5. The predicted octanol–water partition coefficient (Wildman–Crippen LogP) is -2.35. The molecule has 0 N–H and O–H groups in total. The number of ketones is 1. The number of halogens is 1. The number of hydrogen-bond acceptors (Lipinski definition) is 1. The van der Waals surface area contributed by atoms with Gasteiger partial charge in [-0.15, -0.1) is 16.4 Å². The van der Waals surface area contributed by atoms with Crippen LogP contribution in [0.2, 0.25) is 0 Å². The summed E-state index contributed by atoms with van der Waals surface area (Å²) in [6.45, 7) is 0. The van der Waals surface area contributed by atoms with Crippen LogP contribution in [-0.4, -0.2) is 45.0 Å². The van der Waals surface area contributed by atoms with Crippen molar-refractivity contribution in [3.8, 4) is 0 Å². The first kappa shape index (κ1) is 15.3. The molecule has 84 valence electrons. The van der Waals surface area contributed by atoms with Crippen LogP contribution in [0.1, 0.15) is 15.9 Å². The molecule has 7 heteroatoms. The molecule has 0 aliphatic rings. The summed E-state index contributed by atoms with van der Waals surface area (Å²) in [7, 11) is 28.9. The lowest BCUT2D eigenvalue weighted by atomic mass is 9.60. The maximum Gasteiger partial charge on any atom is 0.191 e. The number of rotatable bonds is 2. The lowest BCUT2D eigenvalue weighted by molar-refractivity contribution is 0.104. The van der Waals surface area contributed by atoms with Crippen molar-refractivity contribution in [1.82, 2.24) is 0 Å². The van der Waals surface area contributed by atoms with E-state index in [0.29, 0.717) is 5.56 Å². The van der Waals surface area contributed by atoms with Crippen molar-refractivity contribution in [2.24, 2.45) is 0 Å². The standard InChI is InChI=1S/C13H4B5BrO/c14-8-7(9(15)11(17)12(18)10(8)16)13(20)5-1-3-6(19)4-2-5/h1-4H. The molecule has 0 bridgehead atoms. The first-order valence-electron chi connectivity index (χ1n) is 5.66. The maximum absolute atomic E-state index is 12.5. The van der Waals surface area contributed by atoms with Crippen molar-refractivity contribution in [2.45, 2.75) is 0 Å². The van der Waals surface area contributed by atoms with Crippen LogP contribution in [-0.2, 0) is 0 Å². The zero-order chi connectivity index (χ0) is 15.0. The third-order valence-electron chi connectivity index (χ3n) is 3.03. The van der Waals surface area contributed by atoms with Crippen molar-refractivity contribution < 1.29 is 4.79 Å². The van der Waals surface area contributed by atoms with E-state index in [1.165, 1.54) is 0 Å². The summed E-state index contributed by atoms with van der Waals surface area (Å²) in [6.07, 6.45) is 0. The van der Waals surface area contributed by atoms with Crippen LogP contribution in [0.5, 0.6) is 0 Å². The third kappa shape index (κ3) is 2.56. The van der Waals surface area contributed by atoms with E-state index in [4.69, 9.17) is 39.2 Å². The molecular formula is C13H4B5BrO. The van der Waals surface area contributed by atoms with Gasteiger partial charge in [-0.1, -0.05) is 26.9 Å². The smallest absolute Gasteiger partial charge is 0.191 e. The lowest BCUT2D eigenvalue weighted by Gasteiger charge is -2.20.